The summed E-state index contributed by atoms with van der Waals surface area (Å²) in [5, 5.41) is 3.25. The quantitative estimate of drug-likeness (QED) is 0.821. The fraction of sp³-hybridized carbons (Fsp3) is 0.643. The molecule has 0 spiro atoms. The number of rotatable bonds is 5. The lowest BCUT2D eigenvalue weighted by Gasteiger charge is -2.28. The Morgan fingerprint density at radius 3 is 2.95 bits per heavy atom. The number of methoxy groups -OCH3 is 1. The van der Waals surface area contributed by atoms with Gasteiger partial charge in [0.1, 0.15) is 5.82 Å². The first-order valence-electron chi connectivity index (χ1n) is 7.03. The van der Waals surface area contributed by atoms with Crippen LogP contribution in [0.4, 0.5) is 5.82 Å². The number of anilines is 1. The van der Waals surface area contributed by atoms with Crippen LogP contribution in [0.3, 0.4) is 0 Å². The first-order valence-corrected chi connectivity index (χ1v) is 7.03. The van der Waals surface area contributed by atoms with E-state index in [2.05, 4.69) is 32.0 Å². The molecule has 0 amide bonds. The number of likely N-dealkylation sites (tertiary alicyclic amines) is 1. The molecular formula is C14H22N4O2. The van der Waals surface area contributed by atoms with Crippen LogP contribution in [0.2, 0.25) is 0 Å². The lowest BCUT2D eigenvalue weighted by molar-refractivity contribution is 0.0587. The Bertz CT molecular complexity index is 445. The molecule has 0 atom stereocenters. The molecule has 2 heterocycles. The fourth-order valence-electron chi connectivity index (χ4n) is 2.40. The third-order valence-electron chi connectivity index (χ3n) is 3.72. The minimum atomic E-state index is -0.510. The number of aromatic nitrogens is 2. The van der Waals surface area contributed by atoms with Crippen LogP contribution in [0.15, 0.2) is 12.3 Å². The van der Waals surface area contributed by atoms with Crippen molar-refractivity contribution in [1.82, 2.24) is 14.9 Å². The largest absolute Gasteiger partial charge is 0.463 e. The van der Waals surface area contributed by atoms with Crippen molar-refractivity contribution in [2.75, 3.05) is 39.1 Å². The van der Waals surface area contributed by atoms with Gasteiger partial charge in [0.05, 0.1) is 7.11 Å². The van der Waals surface area contributed by atoms with Gasteiger partial charge in [0.2, 0.25) is 5.82 Å². The van der Waals surface area contributed by atoms with Gasteiger partial charge in [-0.05, 0) is 51.4 Å². The molecule has 0 unspecified atom stereocenters. The Morgan fingerprint density at radius 1 is 1.50 bits per heavy atom. The summed E-state index contributed by atoms with van der Waals surface area (Å²) in [4.78, 5) is 21.7. The average molecular weight is 278 g/mol. The van der Waals surface area contributed by atoms with Crippen molar-refractivity contribution in [3.8, 4) is 0 Å². The van der Waals surface area contributed by atoms with E-state index >= 15 is 0 Å². The highest BCUT2D eigenvalue weighted by Gasteiger charge is 2.16. The molecule has 0 aromatic carbocycles. The molecule has 1 N–H and O–H groups in total. The summed E-state index contributed by atoms with van der Waals surface area (Å²) >= 11 is 0. The topological polar surface area (TPSA) is 67.3 Å². The van der Waals surface area contributed by atoms with E-state index in [1.54, 1.807) is 12.3 Å². The van der Waals surface area contributed by atoms with E-state index < -0.39 is 5.97 Å². The van der Waals surface area contributed by atoms with E-state index in [4.69, 9.17) is 0 Å². The van der Waals surface area contributed by atoms with Gasteiger partial charge in [-0.25, -0.2) is 14.8 Å². The Morgan fingerprint density at radius 2 is 2.25 bits per heavy atom. The number of esters is 1. The molecule has 2 rings (SSSR count). The third-order valence-corrected chi connectivity index (χ3v) is 3.72. The van der Waals surface area contributed by atoms with E-state index in [1.165, 1.54) is 33.0 Å². The van der Waals surface area contributed by atoms with E-state index in [0.29, 0.717) is 5.82 Å². The van der Waals surface area contributed by atoms with Crippen LogP contribution in [-0.4, -0.2) is 54.6 Å². The van der Waals surface area contributed by atoms with Crippen molar-refractivity contribution in [2.45, 2.75) is 19.3 Å². The van der Waals surface area contributed by atoms with Crippen LogP contribution in [-0.2, 0) is 4.74 Å². The van der Waals surface area contributed by atoms with Crippen molar-refractivity contribution in [1.29, 1.82) is 0 Å². The van der Waals surface area contributed by atoms with Crippen LogP contribution >= 0.6 is 0 Å². The van der Waals surface area contributed by atoms with Gasteiger partial charge < -0.3 is 15.0 Å². The molecule has 1 aliphatic heterocycles. The Kier molecular flexibility index (Phi) is 5.29. The average Bonchev–Trinajstić information content (AvgIpc) is 2.49. The molecule has 0 aliphatic carbocycles. The Labute approximate surface area is 119 Å². The van der Waals surface area contributed by atoms with E-state index in [0.717, 1.165) is 18.9 Å². The second-order valence-electron chi connectivity index (χ2n) is 5.22. The highest BCUT2D eigenvalue weighted by Crippen LogP contribution is 2.19. The number of hydrogen-bond donors (Lipinski definition) is 1. The van der Waals surface area contributed by atoms with Crippen molar-refractivity contribution in [3.63, 3.8) is 0 Å². The van der Waals surface area contributed by atoms with Gasteiger partial charge >= 0.3 is 5.97 Å². The third kappa shape index (κ3) is 4.16. The van der Waals surface area contributed by atoms with Gasteiger partial charge in [-0.3, -0.25) is 0 Å². The summed E-state index contributed by atoms with van der Waals surface area (Å²) in [7, 11) is 3.50. The maximum Gasteiger partial charge on any atom is 0.376 e. The summed E-state index contributed by atoms with van der Waals surface area (Å²) in [5.41, 5.74) is 0. The predicted molar refractivity (Wildman–Crippen MR) is 76.7 cm³/mol. The molecule has 1 aliphatic rings. The SMILES string of the molecule is COC(=O)c1nccc(NCCC2CCN(C)CC2)n1. The van der Waals surface area contributed by atoms with Crippen LogP contribution in [0, 0.1) is 5.92 Å². The Hall–Kier alpha value is -1.69. The van der Waals surface area contributed by atoms with Gasteiger partial charge in [-0.2, -0.15) is 0 Å². The van der Waals surface area contributed by atoms with Crippen LogP contribution < -0.4 is 5.32 Å². The van der Waals surface area contributed by atoms with E-state index in [1.807, 2.05) is 0 Å². The zero-order valence-corrected chi connectivity index (χ0v) is 12.1. The number of ether oxygens (including phenoxy) is 1. The molecule has 1 saturated heterocycles. The van der Waals surface area contributed by atoms with Gasteiger partial charge in [-0.15, -0.1) is 0 Å². The molecule has 20 heavy (non-hydrogen) atoms. The lowest BCUT2D eigenvalue weighted by atomic mass is 9.94. The number of nitrogens with zero attached hydrogens (tertiary/aromatic N) is 3. The predicted octanol–water partition coefficient (Wildman–Crippen LogP) is 1.41. The number of nitrogens with one attached hydrogen (secondary N) is 1. The maximum absolute atomic E-state index is 11.3. The van der Waals surface area contributed by atoms with Crippen molar-refractivity contribution in [3.05, 3.63) is 18.1 Å². The van der Waals surface area contributed by atoms with E-state index in [9.17, 15) is 4.79 Å². The molecule has 0 saturated carbocycles. The first-order chi connectivity index (χ1) is 9.69. The summed E-state index contributed by atoms with van der Waals surface area (Å²) in [6, 6.07) is 1.76. The molecule has 1 aromatic rings. The molecule has 0 radical (unpaired) electrons. The molecule has 6 nitrogen and oxygen atoms in total. The highest BCUT2D eigenvalue weighted by atomic mass is 16.5. The van der Waals surface area contributed by atoms with Crippen LogP contribution in [0.1, 0.15) is 29.9 Å². The number of carbonyl (C=O) groups excluding carboxylic acids is 1. The van der Waals surface area contributed by atoms with E-state index in [-0.39, 0.29) is 5.82 Å². The Balaban J connectivity index is 1.78. The zero-order chi connectivity index (χ0) is 14.4. The van der Waals surface area contributed by atoms with Crippen molar-refractivity contribution < 1.29 is 9.53 Å². The second-order valence-corrected chi connectivity index (χ2v) is 5.22. The molecule has 110 valence electrons. The van der Waals surface area contributed by atoms with Gasteiger partial charge in [0, 0.05) is 12.7 Å². The number of hydrogen-bond acceptors (Lipinski definition) is 6. The first kappa shape index (κ1) is 14.7. The minimum absolute atomic E-state index is 0.0943. The zero-order valence-electron chi connectivity index (χ0n) is 12.1. The summed E-state index contributed by atoms with van der Waals surface area (Å²) < 4.78 is 4.60. The smallest absolute Gasteiger partial charge is 0.376 e. The molecular weight excluding hydrogens is 256 g/mol. The lowest BCUT2D eigenvalue weighted by Crippen LogP contribution is -2.30. The van der Waals surface area contributed by atoms with Crippen LogP contribution in [0.25, 0.3) is 0 Å². The number of piperidine rings is 1. The molecule has 1 fully saturated rings. The summed E-state index contributed by atoms with van der Waals surface area (Å²) in [6.07, 6.45) is 5.22. The van der Waals surface area contributed by atoms with Crippen molar-refractivity contribution in [2.24, 2.45) is 5.92 Å². The standard InChI is InChI=1S/C14H22N4O2/c1-18-9-5-11(6-10-18)3-7-15-12-4-8-16-13(17-12)14(19)20-2/h4,8,11H,3,5-7,9-10H2,1-2H3,(H,15,16,17). The monoisotopic (exact) mass is 278 g/mol. The van der Waals surface area contributed by atoms with Gasteiger partial charge in [-0.1, -0.05) is 0 Å². The van der Waals surface area contributed by atoms with Gasteiger partial charge in [0.15, 0.2) is 0 Å². The number of carbonyl (C=O) groups is 1. The molecule has 0 bridgehead atoms. The second kappa shape index (κ2) is 7.19. The molecule has 6 heteroatoms. The normalized spacial score (nSPS) is 16.9. The fourth-order valence-corrected chi connectivity index (χ4v) is 2.40. The summed E-state index contributed by atoms with van der Waals surface area (Å²) in [5.74, 6) is 1.04. The van der Waals surface area contributed by atoms with Crippen LogP contribution in [0.5, 0.6) is 0 Å². The highest BCUT2D eigenvalue weighted by molar-refractivity contribution is 5.85. The maximum atomic E-state index is 11.3. The minimum Gasteiger partial charge on any atom is -0.463 e. The van der Waals surface area contributed by atoms with Gasteiger partial charge in [0.25, 0.3) is 0 Å². The summed E-state index contributed by atoms with van der Waals surface area (Å²) in [6.45, 7) is 3.24. The molecule has 1 aromatic heterocycles. The van der Waals surface area contributed by atoms with Crippen molar-refractivity contribution >= 4 is 11.8 Å².